The molecule has 1 aromatic heterocycles. The van der Waals surface area contributed by atoms with Crippen molar-refractivity contribution in [2.45, 2.75) is 31.4 Å². The minimum atomic E-state index is 0.904. The smallest absolute Gasteiger partial charge is 0.126 e. The first-order valence-electron chi connectivity index (χ1n) is 6.58. The fraction of sp³-hybridized carbons (Fsp3) is 0.312. The van der Waals surface area contributed by atoms with E-state index in [-0.39, 0.29) is 0 Å². The quantitative estimate of drug-likeness (QED) is 0.815. The van der Waals surface area contributed by atoms with Gasteiger partial charge in [0.25, 0.3) is 0 Å². The van der Waals surface area contributed by atoms with Crippen LogP contribution in [0.4, 0.5) is 5.82 Å². The van der Waals surface area contributed by atoms with Crippen LogP contribution in [-0.2, 0) is 5.75 Å². The average Bonchev–Trinajstić information content (AvgIpc) is 2.41. The van der Waals surface area contributed by atoms with Crippen LogP contribution in [0.25, 0.3) is 0 Å². The number of aromatic nitrogens is 1. The molecule has 2 aromatic rings. The number of hydrogen-bond donors (Lipinski definition) is 1. The molecule has 0 amide bonds. The zero-order valence-corrected chi connectivity index (χ0v) is 12.6. The van der Waals surface area contributed by atoms with Gasteiger partial charge >= 0.3 is 0 Å². The molecule has 1 heterocycles. The predicted octanol–water partition coefficient (Wildman–Crippen LogP) is 4.42. The highest BCUT2D eigenvalue weighted by atomic mass is 32.2. The van der Waals surface area contributed by atoms with Crippen molar-refractivity contribution in [1.82, 2.24) is 4.98 Å². The number of nitrogens with one attached hydrogen (secondary N) is 1. The Balaban J connectivity index is 2.01. The number of anilines is 1. The molecular formula is C16H20N2S. The Morgan fingerprint density at radius 1 is 1.11 bits per heavy atom. The number of aryl methyl sites for hydroxylation is 2. The Kier molecular flexibility index (Phi) is 4.86. The highest BCUT2D eigenvalue weighted by Gasteiger charge is 2.00. The topological polar surface area (TPSA) is 24.9 Å². The first kappa shape index (κ1) is 13.9. The van der Waals surface area contributed by atoms with E-state index in [1.165, 1.54) is 21.6 Å². The molecule has 19 heavy (non-hydrogen) atoms. The lowest BCUT2D eigenvalue weighted by Gasteiger charge is -2.07. The molecular weight excluding hydrogens is 252 g/mol. The number of nitrogens with zero attached hydrogens (tertiary/aromatic N) is 1. The summed E-state index contributed by atoms with van der Waals surface area (Å²) in [5.41, 5.74) is 4.00. The summed E-state index contributed by atoms with van der Waals surface area (Å²) in [6.45, 7) is 7.30. The van der Waals surface area contributed by atoms with Crippen LogP contribution >= 0.6 is 11.8 Å². The van der Waals surface area contributed by atoms with Crippen LogP contribution in [-0.4, -0.2) is 11.5 Å². The third-order valence-corrected chi connectivity index (χ3v) is 4.13. The molecule has 1 N–H and O–H groups in total. The SMILES string of the molecule is CCNc1cc(CSc2ccc(C)c(C)c2)ccn1. The lowest BCUT2D eigenvalue weighted by atomic mass is 10.1. The minimum absolute atomic E-state index is 0.904. The molecule has 1 aromatic carbocycles. The molecule has 0 spiro atoms. The Morgan fingerprint density at radius 2 is 1.95 bits per heavy atom. The molecule has 0 aliphatic heterocycles. The van der Waals surface area contributed by atoms with Gasteiger partial charge in [-0.3, -0.25) is 0 Å². The summed E-state index contributed by atoms with van der Waals surface area (Å²) < 4.78 is 0. The molecule has 0 aliphatic carbocycles. The van der Waals surface area contributed by atoms with Gasteiger partial charge in [-0.2, -0.15) is 0 Å². The van der Waals surface area contributed by atoms with Crippen molar-refractivity contribution >= 4 is 17.6 Å². The first-order chi connectivity index (χ1) is 9.19. The number of rotatable bonds is 5. The molecule has 0 fully saturated rings. The van der Waals surface area contributed by atoms with Crippen molar-refractivity contribution in [2.24, 2.45) is 0 Å². The summed E-state index contributed by atoms with van der Waals surface area (Å²) in [4.78, 5) is 5.61. The van der Waals surface area contributed by atoms with Crippen molar-refractivity contribution in [3.05, 3.63) is 53.2 Å². The monoisotopic (exact) mass is 272 g/mol. The zero-order chi connectivity index (χ0) is 13.7. The van der Waals surface area contributed by atoms with E-state index in [9.17, 15) is 0 Å². The van der Waals surface area contributed by atoms with Crippen molar-refractivity contribution in [1.29, 1.82) is 0 Å². The van der Waals surface area contributed by atoms with Crippen molar-refractivity contribution in [2.75, 3.05) is 11.9 Å². The second-order valence-electron chi connectivity index (χ2n) is 4.61. The number of thioether (sulfide) groups is 1. The number of benzene rings is 1. The van der Waals surface area contributed by atoms with Crippen molar-refractivity contribution in [3.63, 3.8) is 0 Å². The zero-order valence-electron chi connectivity index (χ0n) is 11.7. The summed E-state index contributed by atoms with van der Waals surface area (Å²) in [7, 11) is 0. The Labute approximate surface area is 119 Å². The van der Waals surface area contributed by atoms with Gasteiger partial charge in [0, 0.05) is 23.4 Å². The standard InChI is InChI=1S/C16H20N2S/c1-4-17-16-10-14(7-8-18-16)11-19-15-6-5-12(2)13(3)9-15/h5-10H,4,11H2,1-3H3,(H,17,18). The maximum Gasteiger partial charge on any atom is 0.126 e. The third-order valence-electron chi connectivity index (χ3n) is 3.07. The fourth-order valence-corrected chi connectivity index (χ4v) is 2.75. The van der Waals surface area contributed by atoms with Crippen LogP contribution in [0.5, 0.6) is 0 Å². The summed E-state index contributed by atoms with van der Waals surface area (Å²) >= 11 is 1.87. The van der Waals surface area contributed by atoms with Crippen molar-refractivity contribution in [3.8, 4) is 0 Å². The van der Waals surface area contributed by atoms with Gasteiger partial charge in [0.15, 0.2) is 0 Å². The van der Waals surface area contributed by atoms with E-state index in [2.05, 4.69) is 61.4 Å². The lowest BCUT2D eigenvalue weighted by Crippen LogP contribution is -1.99. The Hall–Kier alpha value is -1.48. The molecule has 0 saturated carbocycles. The minimum Gasteiger partial charge on any atom is -0.370 e. The molecule has 0 radical (unpaired) electrons. The molecule has 100 valence electrons. The van der Waals surface area contributed by atoms with E-state index < -0.39 is 0 Å². The van der Waals surface area contributed by atoms with Crippen molar-refractivity contribution < 1.29 is 0 Å². The molecule has 3 heteroatoms. The number of hydrogen-bond acceptors (Lipinski definition) is 3. The second kappa shape index (κ2) is 6.62. The van der Waals surface area contributed by atoms with E-state index in [0.717, 1.165) is 18.1 Å². The summed E-state index contributed by atoms with van der Waals surface area (Å²) in [5, 5.41) is 3.24. The Morgan fingerprint density at radius 3 is 2.68 bits per heavy atom. The van der Waals surface area contributed by atoms with Crippen LogP contribution in [0, 0.1) is 13.8 Å². The molecule has 2 rings (SSSR count). The summed E-state index contributed by atoms with van der Waals surface area (Å²) in [6.07, 6.45) is 1.87. The van der Waals surface area contributed by atoms with E-state index in [1.807, 2.05) is 18.0 Å². The highest BCUT2D eigenvalue weighted by molar-refractivity contribution is 7.98. The molecule has 2 nitrogen and oxygen atoms in total. The average molecular weight is 272 g/mol. The van der Waals surface area contributed by atoms with Gasteiger partial charge in [-0.25, -0.2) is 4.98 Å². The van der Waals surface area contributed by atoms with Crippen LogP contribution < -0.4 is 5.32 Å². The third kappa shape index (κ3) is 4.00. The van der Waals surface area contributed by atoms with Gasteiger partial charge < -0.3 is 5.32 Å². The van der Waals surface area contributed by atoms with Crippen LogP contribution in [0.2, 0.25) is 0 Å². The molecule has 0 saturated heterocycles. The first-order valence-corrected chi connectivity index (χ1v) is 7.56. The molecule has 0 atom stereocenters. The van der Waals surface area contributed by atoms with E-state index in [1.54, 1.807) is 0 Å². The predicted molar refractivity (Wildman–Crippen MR) is 83.9 cm³/mol. The van der Waals surface area contributed by atoms with Gasteiger partial charge in [-0.15, -0.1) is 11.8 Å². The normalized spacial score (nSPS) is 10.5. The maximum atomic E-state index is 4.29. The van der Waals surface area contributed by atoms with E-state index in [4.69, 9.17) is 0 Å². The molecule has 0 aliphatic rings. The van der Waals surface area contributed by atoms with Gasteiger partial charge in [0.2, 0.25) is 0 Å². The highest BCUT2D eigenvalue weighted by Crippen LogP contribution is 2.25. The Bertz CT molecular complexity index is 552. The van der Waals surface area contributed by atoms with Gasteiger partial charge in [-0.1, -0.05) is 6.07 Å². The number of pyridine rings is 1. The van der Waals surface area contributed by atoms with Crippen LogP contribution in [0.1, 0.15) is 23.6 Å². The summed E-state index contributed by atoms with van der Waals surface area (Å²) in [6, 6.07) is 10.8. The summed E-state index contributed by atoms with van der Waals surface area (Å²) in [5.74, 6) is 1.93. The maximum absolute atomic E-state index is 4.29. The largest absolute Gasteiger partial charge is 0.370 e. The van der Waals surface area contributed by atoms with Gasteiger partial charge in [0.05, 0.1) is 0 Å². The van der Waals surface area contributed by atoms with E-state index in [0.29, 0.717) is 0 Å². The second-order valence-corrected chi connectivity index (χ2v) is 5.66. The molecule has 0 unspecified atom stereocenters. The van der Waals surface area contributed by atoms with E-state index >= 15 is 0 Å². The van der Waals surface area contributed by atoms with Gasteiger partial charge in [0.1, 0.15) is 5.82 Å². The van der Waals surface area contributed by atoms with Gasteiger partial charge in [-0.05, 0) is 61.7 Å². The fourth-order valence-electron chi connectivity index (χ4n) is 1.81. The lowest BCUT2D eigenvalue weighted by molar-refractivity contribution is 1.15. The molecule has 0 bridgehead atoms. The van der Waals surface area contributed by atoms with Crippen LogP contribution in [0.15, 0.2) is 41.4 Å². The van der Waals surface area contributed by atoms with Crippen LogP contribution in [0.3, 0.4) is 0 Å².